The van der Waals surface area contributed by atoms with Gasteiger partial charge in [-0.05, 0) is 30.4 Å². The van der Waals surface area contributed by atoms with Gasteiger partial charge in [-0.15, -0.1) is 0 Å². The van der Waals surface area contributed by atoms with Crippen molar-refractivity contribution in [2.75, 3.05) is 0 Å². The van der Waals surface area contributed by atoms with Gasteiger partial charge in [0.1, 0.15) is 11.5 Å². The Morgan fingerprint density at radius 3 is 2.77 bits per heavy atom. The highest BCUT2D eigenvalue weighted by molar-refractivity contribution is 5.43. The SMILES string of the molecule is CC(Cc1ccc2ncc(C(C)(C)C)n2c1)c1cnc2n1CC[C@@H](C)C2. The summed E-state index contributed by atoms with van der Waals surface area (Å²) in [5, 5.41) is 0. The number of hydrogen-bond donors (Lipinski definition) is 0. The van der Waals surface area contributed by atoms with Gasteiger partial charge >= 0.3 is 0 Å². The lowest BCUT2D eigenvalue weighted by Crippen LogP contribution is -2.20. The molecule has 138 valence electrons. The Hall–Kier alpha value is -2.10. The molecule has 3 aromatic rings. The summed E-state index contributed by atoms with van der Waals surface area (Å²) in [4.78, 5) is 9.27. The molecule has 26 heavy (non-hydrogen) atoms. The molecule has 0 saturated carbocycles. The normalized spacial score (nSPS) is 18.9. The lowest BCUT2D eigenvalue weighted by molar-refractivity contribution is 0.398. The third kappa shape index (κ3) is 3.06. The first-order chi connectivity index (χ1) is 12.3. The van der Waals surface area contributed by atoms with E-state index < -0.39 is 0 Å². The van der Waals surface area contributed by atoms with Crippen LogP contribution in [0.1, 0.15) is 69.7 Å². The largest absolute Gasteiger partial charge is 0.332 e. The highest BCUT2D eigenvalue weighted by Gasteiger charge is 2.22. The van der Waals surface area contributed by atoms with Crippen molar-refractivity contribution < 1.29 is 0 Å². The van der Waals surface area contributed by atoms with Crippen LogP contribution in [0.4, 0.5) is 0 Å². The van der Waals surface area contributed by atoms with E-state index in [1.807, 2.05) is 6.20 Å². The molecule has 3 aromatic heterocycles. The van der Waals surface area contributed by atoms with Crippen LogP contribution in [0.25, 0.3) is 5.65 Å². The fourth-order valence-electron chi connectivity index (χ4n) is 4.17. The zero-order valence-electron chi connectivity index (χ0n) is 16.7. The van der Waals surface area contributed by atoms with Gasteiger partial charge in [0, 0.05) is 54.3 Å². The number of imidazole rings is 2. The number of aromatic nitrogens is 4. The quantitative estimate of drug-likeness (QED) is 0.683. The number of rotatable bonds is 3. The molecule has 0 amide bonds. The second-order valence-corrected chi connectivity index (χ2v) is 9.11. The fraction of sp³-hybridized carbons (Fsp3) is 0.545. The smallest absolute Gasteiger partial charge is 0.136 e. The Balaban J connectivity index is 1.61. The predicted molar refractivity (Wildman–Crippen MR) is 106 cm³/mol. The van der Waals surface area contributed by atoms with E-state index in [2.05, 4.69) is 73.1 Å². The summed E-state index contributed by atoms with van der Waals surface area (Å²) in [6, 6.07) is 4.37. The zero-order chi connectivity index (χ0) is 18.5. The maximum absolute atomic E-state index is 4.71. The molecule has 2 atom stereocenters. The maximum atomic E-state index is 4.71. The average molecular weight is 351 g/mol. The van der Waals surface area contributed by atoms with E-state index in [-0.39, 0.29) is 5.41 Å². The van der Waals surface area contributed by atoms with Crippen molar-refractivity contribution in [3.05, 3.63) is 53.5 Å². The van der Waals surface area contributed by atoms with Crippen molar-refractivity contribution in [3.63, 3.8) is 0 Å². The van der Waals surface area contributed by atoms with E-state index in [1.54, 1.807) is 0 Å². The summed E-state index contributed by atoms with van der Waals surface area (Å²) in [6.45, 7) is 12.5. The minimum absolute atomic E-state index is 0.0882. The average Bonchev–Trinajstić information content (AvgIpc) is 3.17. The van der Waals surface area contributed by atoms with Gasteiger partial charge in [0.25, 0.3) is 0 Å². The predicted octanol–water partition coefficient (Wildman–Crippen LogP) is 4.76. The number of nitrogens with zero attached hydrogens (tertiary/aromatic N) is 4. The summed E-state index contributed by atoms with van der Waals surface area (Å²) >= 11 is 0. The van der Waals surface area contributed by atoms with Crippen LogP contribution in [0.2, 0.25) is 0 Å². The highest BCUT2D eigenvalue weighted by Crippen LogP contribution is 2.28. The molecule has 1 aliphatic rings. The van der Waals surface area contributed by atoms with Gasteiger partial charge in [0.2, 0.25) is 0 Å². The van der Waals surface area contributed by atoms with Crippen molar-refractivity contribution in [3.8, 4) is 0 Å². The third-order valence-corrected chi connectivity index (χ3v) is 5.73. The van der Waals surface area contributed by atoms with E-state index in [0.717, 1.165) is 31.0 Å². The molecule has 4 heteroatoms. The number of fused-ring (bicyclic) bond motifs is 2. The summed E-state index contributed by atoms with van der Waals surface area (Å²) < 4.78 is 4.72. The molecule has 1 unspecified atom stereocenters. The Kier molecular flexibility index (Phi) is 4.17. The Morgan fingerprint density at radius 2 is 2.00 bits per heavy atom. The summed E-state index contributed by atoms with van der Waals surface area (Å²) in [5.74, 6) is 2.49. The minimum Gasteiger partial charge on any atom is -0.332 e. The van der Waals surface area contributed by atoms with E-state index in [0.29, 0.717) is 5.92 Å². The molecule has 4 rings (SSSR count). The van der Waals surface area contributed by atoms with E-state index in [4.69, 9.17) is 4.98 Å². The first kappa shape index (κ1) is 17.3. The second-order valence-electron chi connectivity index (χ2n) is 9.11. The van der Waals surface area contributed by atoms with Crippen molar-refractivity contribution >= 4 is 5.65 Å². The topological polar surface area (TPSA) is 35.1 Å². The summed E-state index contributed by atoms with van der Waals surface area (Å²) in [5.41, 5.74) is 5.12. The van der Waals surface area contributed by atoms with Crippen molar-refractivity contribution in [2.24, 2.45) is 5.92 Å². The molecule has 0 aliphatic carbocycles. The Labute approximate surface area is 156 Å². The molecule has 0 spiro atoms. The number of pyridine rings is 1. The molecule has 0 saturated heterocycles. The zero-order valence-corrected chi connectivity index (χ0v) is 16.7. The molecule has 0 radical (unpaired) electrons. The molecule has 1 aliphatic heterocycles. The van der Waals surface area contributed by atoms with Gasteiger partial charge < -0.3 is 8.97 Å². The Bertz CT molecular complexity index is 925. The van der Waals surface area contributed by atoms with Gasteiger partial charge in [-0.2, -0.15) is 0 Å². The maximum Gasteiger partial charge on any atom is 0.136 e. The van der Waals surface area contributed by atoms with Gasteiger partial charge in [0.15, 0.2) is 0 Å². The van der Waals surface area contributed by atoms with Gasteiger partial charge in [0.05, 0.1) is 0 Å². The fourth-order valence-corrected chi connectivity index (χ4v) is 4.17. The molecular weight excluding hydrogens is 320 g/mol. The van der Waals surface area contributed by atoms with E-state index in [1.165, 1.54) is 29.2 Å². The van der Waals surface area contributed by atoms with Crippen LogP contribution in [0.5, 0.6) is 0 Å². The molecule has 4 heterocycles. The van der Waals surface area contributed by atoms with Crippen LogP contribution < -0.4 is 0 Å². The van der Waals surface area contributed by atoms with Gasteiger partial charge in [-0.1, -0.05) is 40.7 Å². The van der Waals surface area contributed by atoms with Crippen LogP contribution in [-0.4, -0.2) is 18.9 Å². The number of hydrogen-bond acceptors (Lipinski definition) is 2. The monoisotopic (exact) mass is 350 g/mol. The first-order valence-electron chi connectivity index (χ1n) is 9.83. The van der Waals surface area contributed by atoms with Crippen molar-refractivity contribution in [2.45, 2.75) is 71.8 Å². The third-order valence-electron chi connectivity index (χ3n) is 5.73. The molecule has 0 fully saturated rings. The molecule has 0 bridgehead atoms. The van der Waals surface area contributed by atoms with Gasteiger partial charge in [-0.25, -0.2) is 9.97 Å². The second kappa shape index (κ2) is 6.26. The summed E-state index contributed by atoms with van der Waals surface area (Å²) in [7, 11) is 0. The highest BCUT2D eigenvalue weighted by atomic mass is 15.1. The van der Waals surface area contributed by atoms with Gasteiger partial charge in [-0.3, -0.25) is 0 Å². The molecule has 0 N–H and O–H groups in total. The van der Waals surface area contributed by atoms with Crippen molar-refractivity contribution in [1.29, 1.82) is 0 Å². The van der Waals surface area contributed by atoms with Crippen LogP contribution in [0.3, 0.4) is 0 Å². The Morgan fingerprint density at radius 1 is 1.19 bits per heavy atom. The first-order valence-corrected chi connectivity index (χ1v) is 9.83. The van der Waals surface area contributed by atoms with Crippen LogP contribution in [0, 0.1) is 5.92 Å². The standard InChI is InChI=1S/C22H30N4/c1-15-8-9-25-18(12-23-21(25)10-15)16(2)11-17-6-7-20-24-13-19(22(3,4)5)26(20)14-17/h6-7,12-16H,8-11H2,1-5H3/t15-,16?/m1/s1. The van der Waals surface area contributed by atoms with Crippen LogP contribution in [-0.2, 0) is 24.8 Å². The lowest BCUT2D eigenvalue weighted by atomic mass is 9.92. The van der Waals surface area contributed by atoms with E-state index >= 15 is 0 Å². The molecule has 0 aromatic carbocycles. The van der Waals surface area contributed by atoms with Crippen molar-refractivity contribution in [1.82, 2.24) is 18.9 Å². The summed E-state index contributed by atoms with van der Waals surface area (Å²) in [6.07, 6.45) is 9.79. The van der Waals surface area contributed by atoms with Crippen LogP contribution >= 0.6 is 0 Å². The van der Waals surface area contributed by atoms with E-state index in [9.17, 15) is 0 Å². The molecular formula is C22H30N4. The molecule has 4 nitrogen and oxygen atoms in total. The lowest BCUT2D eigenvalue weighted by Gasteiger charge is -2.23. The minimum atomic E-state index is 0.0882. The van der Waals surface area contributed by atoms with Crippen LogP contribution in [0.15, 0.2) is 30.7 Å².